The SMILES string of the molecule is Cn1cc(CN2CCO[C@@]3(COCCN(S(C)(=O)=O)C3)C2)cn1. The van der Waals surface area contributed by atoms with Gasteiger partial charge in [-0.3, -0.25) is 9.58 Å². The second-order valence-electron chi connectivity index (χ2n) is 6.41. The number of hydrogen-bond acceptors (Lipinski definition) is 6. The molecule has 0 saturated carbocycles. The zero-order valence-corrected chi connectivity index (χ0v) is 14.5. The first-order valence-electron chi connectivity index (χ1n) is 7.73. The zero-order valence-electron chi connectivity index (χ0n) is 13.6. The molecular weight excluding hydrogens is 320 g/mol. The molecule has 8 nitrogen and oxygen atoms in total. The Kier molecular flexibility index (Phi) is 4.75. The second kappa shape index (κ2) is 6.48. The minimum atomic E-state index is -3.26. The summed E-state index contributed by atoms with van der Waals surface area (Å²) < 4.78 is 38.7. The summed E-state index contributed by atoms with van der Waals surface area (Å²) in [6.45, 7) is 4.35. The van der Waals surface area contributed by atoms with Crippen molar-refractivity contribution < 1.29 is 17.9 Å². The third-order valence-corrected chi connectivity index (χ3v) is 5.53. The number of aryl methyl sites for hydroxylation is 1. The van der Waals surface area contributed by atoms with Crippen molar-refractivity contribution in [3.8, 4) is 0 Å². The van der Waals surface area contributed by atoms with Gasteiger partial charge in [0, 0.05) is 51.5 Å². The van der Waals surface area contributed by atoms with Crippen LogP contribution in [0.25, 0.3) is 0 Å². The molecule has 1 aromatic rings. The van der Waals surface area contributed by atoms with Gasteiger partial charge < -0.3 is 9.47 Å². The second-order valence-corrected chi connectivity index (χ2v) is 8.40. The Labute approximate surface area is 137 Å². The first-order chi connectivity index (χ1) is 10.9. The molecule has 23 heavy (non-hydrogen) atoms. The molecule has 1 atom stereocenters. The van der Waals surface area contributed by atoms with Crippen molar-refractivity contribution in [1.29, 1.82) is 0 Å². The third-order valence-electron chi connectivity index (χ3n) is 4.28. The molecule has 0 unspecified atom stereocenters. The summed E-state index contributed by atoms with van der Waals surface area (Å²) in [5.41, 5.74) is 0.541. The summed E-state index contributed by atoms with van der Waals surface area (Å²) >= 11 is 0. The standard InChI is InChI=1S/C14H24N4O4S/c1-16-8-13(7-15-16)9-17-3-6-22-14(10-17)11-18(23(2,19)20)4-5-21-12-14/h7-8H,3-6,9-12H2,1-2H3/t14-/m0/s1. The predicted molar refractivity (Wildman–Crippen MR) is 84.4 cm³/mol. The van der Waals surface area contributed by atoms with Gasteiger partial charge in [-0.1, -0.05) is 0 Å². The maximum atomic E-state index is 11.9. The molecule has 0 radical (unpaired) electrons. The molecular formula is C14H24N4O4S. The Morgan fingerprint density at radius 2 is 2.13 bits per heavy atom. The van der Waals surface area contributed by atoms with E-state index in [0.29, 0.717) is 39.5 Å². The average Bonchev–Trinajstić information content (AvgIpc) is 2.75. The van der Waals surface area contributed by atoms with Crippen LogP contribution in [0.3, 0.4) is 0 Å². The fourth-order valence-electron chi connectivity index (χ4n) is 3.21. The molecule has 2 saturated heterocycles. The molecule has 2 aliphatic rings. The predicted octanol–water partition coefficient (Wildman–Crippen LogP) is -0.717. The van der Waals surface area contributed by atoms with Crippen molar-refractivity contribution in [2.45, 2.75) is 12.1 Å². The Bertz CT molecular complexity index is 647. The van der Waals surface area contributed by atoms with E-state index in [-0.39, 0.29) is 0 Å². The molecule has 0 bridgehead atoms. The van der Waals surface area contributed by atoms with Crippen molar-refractivity contribution in [2.75, 3.05) is 52.3 Å². The van der Waals surface area contributed by atoms with Crippen LogP contribution in [0.2, 0.25) is 0 Å². The molecule has 3 rings (SSSR count). The minimum absolute atomic E-state index is 0.343. The average molecular weight is 344 g/mol. The fourth-order valence-corrected chi connectivity index (χ4v) is 4.08. The molecule has 2 fully saturated rings. The van der Waals surface area contributed by atoms with Crippen molar-refractivity contribution in [3.63, 3.8) is 0 Å². The number of nitrogens with zero attached hydrogens (tertiary/aromatic N) is 4. The largest absolute Gasteiger partial charge is 0.377 e. The van der Waals surface area contributed by atoms with Gasteiger partial charge in [0.25, 0.3) is 0 Å². The highest BCUT2D eigenvalue weighted by Crippen LogP contribution is 2.24. The Balaban J connectivity index is 1.72. The summed E-state index contributed by atoms with van der Waals surface area (Å²) in [4.78, 5) is 2.27. The van der Waals surface area contributed by atoms with Crippen molar-refractivity contribution in [1.82, 2.24) is 19.0 Å². The first kappa shape index (κ1) is 16.8. The third kappa shape index (κ3) is 4.10. The van der Waals surface area contributed by atoms with Crippen molar-refractivity contribution in [3.05, 3.63) is 18.0 Å². The van der Waals surface area contributed by atoms with Crippen LogP contribution in [0.15, 0.2) is 12.4 Å². The highest BCUT2D eigenvalue weighted by Gasteiger charge is 2.42. The Morgan fingerprint density at radius 1 is 1.30 bits per heavy atom. The molecule has 0 aromatic carbocycles. The van der Waals surface area contributed by atoms with E-state index in [1.807, 2.05) is 19.4 Å². The molecule has 2 aliphatic heterocycles. The normalized spacial score (nSPS) is 28.1. The summed E-state index contributed by atoms with van der Waals surface area (Å²) in [6.07, 6.45) is 5.09. The molecule has 0 N–H and O–H groups in total. The van der Waals surface area contributed by atoms with E-state index in [0.717, 1.165) is 18.7 Å². The van der Waals surface area contributed by atoms with Gasteiger partial charge in [0.1, 0.15) is 5.60 Å². The van der Waals surface area contributed by atoms with Gasteiger partial charge in [0.2, 0.25) is 10.0 Å². The van der Waals surface area contributed by atoms with E-state index in [1.165, 1.54) is 10.6 Å². The van der Waals surface area contributed by atoms with E-state index in [4.69, 9.17) is 9.47 Å². The minimum Gasteiger partial charge on any atom is -0.377 e. The zero-order chi connectivity index (χ0) is 16.5. The molecule has 130 valence electrons. The number of morpholine rings is 1. The lowest BCUT2D eigenvalue weighted by Gasteiger charge is -2.42. The molecule has 0 amide bonds. The van der Waals surface area contributed by atoms with E-state index in [1.54, 1.807) is 4.68 Å². The van der Waals surface area contributed by atoms with E-state index in [9.17, 15) is 8.42 Å². The summed E-state index contributed by atoms with van der Waals surface area (Å²) in [5.74, 6) is 0. The van der Waals surface area contributed by atoms with Crippen LogP contribution in [0, 0.1) is 0 Å². The smallest absolute Gasteiger partial charge is 0.211 e. The lowest BCUT2D eigenvalue weighted by molar-refractivity contribution is -0.139. The van der Waals surface area contributed by atoms with E-state index < -0.39 is 15.6 Å². The van der Waals surface area contributed by atoms with Crippen LogP contribution in [0.1, 0.15) is 5.56 Å². The molecule has 3 heterocycles. The molecule has 1 spiro atoms. The lowest BCUT2D eigenvalue weighted by Crippen LogP contribution is -2.58. The number of aromatic nitrogens is 2. The highest BCUT2D eigenvalue weighted by atomic mass is 32.2. The molecule has 9 heteroatoms. The summed E-state index contributed by atoms with van der Waals surface area (Å²) in [5, 5.41) is 4.19. The van der Waals surface area contributed by atoms with Crippen LogP contribution < -0.4 is 0 Å². The maximum absolute atomic E-state index is 11.9. The topological polar surface area (TPSA) is 76.9 Å². The first-order valence-corrected chi connectivity index (χ1v) is 9.58. The van der Waals surface area contributed by atoms with Crippen LogP contribution >= 0.6 is 0 Å². The number of ether oxygens (including phenoxy) is 2. The van der Waals surface area contributed by atoms with Crippen LogP contribution in [0.5, 0.6) is 0 Å². The quantitative estimate of drug-likeness (QED) is 0.720. The Hall–Kier alpha value is -1.00. The van der Waals surface area contributed by atoms with E-state index >= 15 is 0 Å². The van der Waals surface area contributed by atoms with Crippen LogP contribution in [-0.2, 0) is 33.1 Å². The van der Waals surface area contributed by atoms with Crippen LogP contribution in [-0.4, -0.2) is 85.3 Å². The van der Waals surface area contributed by atoms with Gasteiger partial charge in [-0.15, -0.1) is 0 Å². The fraction of sp³-hybridized carbons (Fsp3) is 0.786. The van der Waals surface area contributed by atoms with Gasteiger partial charge in [-0.25, -0.2) is 8.42 Å². The van der Waals surface area contributed by atoms with Gasteiger partial charge in [-0.2, -0.15) is 9.40 Å². The van der Waals surface area contributed by atoms with Crippen molar-refractivity contribution in [2.24, 2.45) is 7.05 Å². The molecule has 1 aromatic heterocycles. The van der Waals surface area contributed by atoms with Gasteiger partial charge in [-0.05, 0) is 0 Å². The summed E-state index contributed by atoms with van der Waals surface area (Å²) in [7, 11) is -1.36. The number of sulfonamides is 1. The molecule has 0 aliphatic carbocycles. The van der Waals surface area contributed by atoms with E-state index in [2.05, 4.69) is 10.00 Å². The number of rotatable bonds is 3. The number of hydrogen-bond donors (Lipinski definition) is 0. The van der Waals surface area contributed by atoms with Gasteiger partial charge in [0.15, 0.2) is 0 Å². The van der Waals surface area contributed by atoms with Gasteiger partial charge in [0.05, 0.1) is 32.3 Å². The van der Waals surface area contributed by atoms with Gasteiger partial charge >= 0.3 is 0 Å². The lowest BCUT2D eigenvalue weighted by atomic mass is 10.0. The highest BCUT2D eigenvalue weighted by molar-refractivity contribution is 7.88. The van der Waals surface area contributed by atoms with Crippen molar-refractivity contribution >= 4 is 10.0 Å². The summed E-state index contributed by atoms with van der Waals surface area (Å²) in [6, 6.07) is 0. The van der Waals surface area contributed by atoms with Crippen LogP contribution in [0.4, 0.5) is 0 Å². The monoisotopic (exact) mass is 344 g/mol. The maximum Gasteiger partial charge on any atom is 0.211 e. The Morgan fingerprint density at radius 3 is 2.83 bits per heavy atom.